The Morgan fingerprint density at radius 3 is 2.03 bits per heavy atom. The fourth-order valence-corrected chi connectivity index (χ4v) is 3.18. The van der Waals surface area contributed by atoms with Gasteiger partial charge in [-0.25, -0.2) is 4.79 Å². The van der Waals surface area contributed by atoms with E-state index in [-0.39, 0.29) is 35.9 Å². The van der Waals surface area contributed by atoms with Crippen LogP contribution in [0.15, 0.2) is 48.5 Å². The van der Waals surface area contributed by atoms with Gasteiger partial charge < -0.3 is 20.3 Å². The highest BCUT2D eigenvalue weighted by Gasteiger charge is 2.31. The number of anilines is 1. The fourth-order valence-electron chi connectivity index (χ4n) is 3.18. The van der Waals surface area contributed by atoms with E-state index in [1.165, 1.54) is 13.2 Å². The molecule has 0 bridgehead atoms. The topological polar surface area (TPSA) is 181 Å². The Balaban J connectivity index is 0.00000185. The molecule has 0 saturated carbocycles. The number of methoxy groups -OCH3 is 1. The third-order valence-electron chi connectivity index (χ3n) is 4.64. The summed E-state index contributed by atoms with van der Waals surface area (Å²) in [5.41, 5.74) is 2.23. The van der Waals surface area contributed by atoms with Gasteiger partial charge in [-0.05, 0) is 48.6 Å². The molecule has 0 unspecified atom stereocenters. The molecule has 2 aromatic carbocycles. The zero-order valence-electron chi connectivity index (χ0n) is 19.9. The number of Topliss-reactive ketones (excluding diaryl/α,β-unsaturated/α-hetero) is 1. The number of aryl methyl sites for hydroxylation is 1. The van der Waals surface area contributed by atoms with Gasteiger partial charge in [0.15, 0.2) is 11.9 Å². The summed E-state index contributed by atoms with van der Waals surface area (Å²) in [5.74, 6) is -2.19. The molecule has 0 radical (unpaired) electrons. The van der Waals surface area contributed by atoms with Gasteiger partial charge >= 0.3 is 18.3 Å². The average molecular weight is 501 g/mol. The standard InChI is InChI=1S/C23H27NO6.2CO2/c1-14(9-16-7-5-4-6-8-16)12-19(25)20(26)21(27)22(28)24-18-11-15(2)10-17(13-18)23(29)30-3;2*2-1-3/h4-8,10-11,13-14,20-21,26-27H,9,12H2,1-3H3,(H,24,28);;/t14-,20+,21-;;/m1../s1. The van der Waals surface area contributed by atoms with Crippen LogP contribution in [-0.2, 0) is 39.9 Å². The molecule has 36 heavy (non-hydrogen) atoms. The lowest BCUT2D eigenvalue weighted by molar-refractivity contribution is -0.193. The first kappa shape index (κ1) is 31.7. The van der Waals surface area contributed by atoms with Crippen LogP contribution in [0.5, 0.6) is 0 Å². The lowest BCUT2D eigenvalue weighted by Gasteiger charge is -2.19. The molecule has 3 atom stereocenters. The second-order valence-corrected chi connectivity index (χ2v) is 7.59. The van der Waals surface area contributed by atoms with Crippen LogP contribution in [0.25, 0.3) is 0 Å². The summed E-state index contributed by atoms with van der Waals surface area (Å²) in [7, 11) is 1.24. The molecule has 0 aliphatic carbocycles. The summed E-state index contributed by atoms with van der Waals surface area (Å²) >= 11 is 0. The zero-order valence-corrected chi connectivity index (χ0v) is 19.9. The van der Waals surface area contributed by atoms with Crippen molar-refractivity contribution in [3.63, 3.8) is 0 Å². The molecular weight excluding hydrogens is 474 g/mol. The quantitative estimate of drug-likeness (QED) is 0.421. The van der Waals surface area contributed by atoms with E-state index in [1.54, 1.807) is 19.1 Å². The van der Waals surface area contributed by atoms with Gasteiger partial charge in [0.1, 0.15) is 6.10 Å². The van der Waals surface area contributed by atoms with Crippen molar-refractivity contribution in [2.45, 2.75) is 38.9 Å². The van der Waals surface area contributed by atoms with Crippen LogP contribution in [-0.4, -0.2) is 59.5 Å². The molecule has 0 aromatic heterocycles. The first-order valence-corrected chi connectivity index (χ1v) is 10.5. The third-order valence-corrected chi connectivity index (χ3v) is 4.64. The van der Waals surface area contributed by atoms with Crippen molar-refractivity contribution in [1.82, 2.24) is 0 Å². The van der Waals surface area contributed by atoms with E-state index in [2.05, 4.69) is 10.1 Å². The number of esters is 1. The van der Waals surface area contributed by atoms with E-state index in [1.807, 2.05) is 37.3 Å². The highest BCUT2D eigenvalue weighted by molar-refractivity contribution is 6.00. The second kappa shape index (κ2) is 17.2. The Morgan fingerprint density at radius 2 is 1.50 bits per heavy atom. The number of hydrogen-bond donors (Lipinski definition) is 3. The van der Waals surface area contributed by atoms with E-state index < -0.39 is 29.9 Å². The van der Waals surface area contributed by atoms with Gasteiger partial charge in [-0.15, -0.1) is 0 Å². The number of aliphatic hydroxyl groups excluding tert-OH is 2. The molecule has 0 aliphatic heterocycles. The van der Waals surface area contributed by atoms with Crippen LogP contribution in [0.1, 0.15) is 34.8 Å². The normalized spacial score (nSPS) is 11.9. The SMILES string of the molecule is COC(=O)c1cc(C)cc(NC(=O)[C@H](O)[C@@H](O)C(=O)C[C@H](C)Cc2ccccc2)c1.O=C=O.O=C=O. The maximum atomic E-state index is 12.3. The zero-order chi connectivity index (χ0) is 27.7. The number of aliphatic hydroxyl groups is 2. The van der Waals surface area contributed by atoms with Crippen LogP contribution in [0.4, 0.5) is 5.69 Å². The van der Waals surface area contributed by atoms with Crippen molar-refractivity contribution >= 4 is 35.7 Å². The van der Waals surface area contributed by atoms with Gasteiger partial charge in [0, 0.05) is 12.1 Å². The number of carbonyl (C=O) groups is 3. The van der Waals surface area contributed by atoms with Crippen molar-refractivity contribution in [2.24, 2.45) is 5.92 Å². The molecular formula is C25H27NO10. The second-order valence-electron chi connectivity index (χ2n) is 7.59. The van der Waals surface area contributed by atoms with E-state index >= 15 is 0 Å². The molecule has 11 heteroatoms. The van der Waals surface area contributed by atoms with Crippen molar-refractivity contribution in [3.8, 4) is 0 Å². The van der Waals surface area contributed by atoms with Crippen LogP contribution < -0.4 is 5.32 Å². The minimum Gasteiger partial charge on any atom is -0.465 e. The number of nitrogens with one attached hydrogen (secondary N) is 1. The largest absolute Gasteiger partial charge is 0.465 e. The summed E-state index contributed by atoms with van der Waals surface area (Å²) in [5, 5.41) is 22.7. The summed E-state index contributed by atoms with van der Waals surface area (Å²) < 4.78 is 4.66. The lowest BCUT2D eigenvalue weighted by Crippen LogP contribution is -2.43. The third kappa shape index (κ3) is 11.7. The number of ether oxygens (including phenoxy) is 1. The highest BCUT2D eigenvalue weighted by atomic mass is 16.5. The summed E-state index contributed by atoms with van der Waals surface area (Å²) in [4.78, 5) is 68.8. The molecule has 0 aliphatic rings. The molecule has 0 fully saturated rings. The van der Waals surface area contributed by atoms with Gasteiger partial charge in [-0.2, -0.15) is 19.2 Å². The van der Waals surface area contributed by atoms with Crippen LogP contribution >= 0.6 is 0 Å². The van der Waals surface area contributed by atoms with E-state index in [0.717, 1.165) is 5.56 Å². The Kier molecular flexibility index (Phi) is 15.2. The highest BCUT2D eigenvalue weighted by Crippen LogP contribution is 2.17. The van der Waals surface area contributed by atoms with Crippen LogP contribution in [0.3, 0.4) is 0 Å². The van der Waals surface area contributed by atoms with E-state index in [0.29, 0.717) is 12.0 Å². The van der Waals surface area contributed by atoms with E-state index in [4.69, 9.17) is 19.2 Å². The molecule has 1 amide bonds. The molecule has 0 spiro atoms. The Labute approximate surface area is 207 Å². The monoisotopic (exact) mass is 501 g/mol. The van der Waals surface area contributed by atoms with Crippen molar-refractivity contribution in [3.05, 3.63) is 65.2 Å². The maximum Gasteiger partial charge on any atom is 0.373 e. The Hall–Kier alpha value is -4.27. The first-order valence-electron chi connectivity index (χ1n) is 10.5. The lowest BCUT2D eigenvalue weighted by atomic mass is 9.93. The van der Waals surface area contributed by atoms with E-state index in [9.17, 15) is 24.6 Å². The van der Waals surface area contributed by atoms with Crippen molar-refractivity contribution in [1.29, 1.82) is 0 Å². The number of carbonyl (C=O) groups excluding carboxylic acids is 7. The van der Waals surface area contributed by atoms with Gasteiger partial charge in [0.2, 0.25) is 0 Å². The van der Waals surface area contributed by atoms with Gasteiger partial charge in [-0.1, -0.05) is 37.3 Å². The predicted octanol–water partition coefficient (Wildman–Crippen LogP) is 1.11. The van der Waals surface area contributed by atoms with Crippen molar-refractivity contribution in [2.75, 3.05) is 12.4 Å². The predicted molar refractivity (Wildman–Crippen MR) is 122 cm³/mol. The number of hydrogen-bond acceptors (Lipinski definition) is 10. The maximum absolute atomic E-state index is 12.3. The minimum atomic E-state index is -1.93. The van der Waals surface area contributed by atoms with Crippen LogP contribution in [0.2, 0.25) is 0 Å². The molecule has 3 N–H and O–H groups in total. The van der Waals surface area contributed by atoms with Crippen LogP contribution in [0, 0.1) is 12.8 Å². The van der Waals surface area contributed by atoms with Gasteiger partial charge in [0.05, 0.1) is 12.7 Å². The first-order chi connectivity index (χ1) is 17.0. The van der Waals surface area contributed by atoms with Gasteiger partial charge in [-0.3, -0.25) is 9.59 Å². The molecule has 2 rings (SSSR count). The minimum absolute atomic E-state index is 0.0251. The summed E-state index contributed by atoms with van der Waals surface area (Å²) in [6.07, 6.45) is -2.60. The number of rotatable bonds is 9. The molecule has 0 heterocycles. The molecule has 0 saturated heterocycles. The Bertz CT molecular complexity index is 1060. The Morgan fingerprint density at radius 1 is 0.944 bits per heavy atom. The number of ketones is 1. The summed E-state index contributed by atoms with van der Waals surface area (Å²) in [6, 6.07) is 14.2. The summed E-state index contributed by atoms with van der Waals surface area (Å²) in [6.45, 7) is 3.59. The number of benzene rings is 2. The molecule has 2 aromatic rings. The fraction of sp³-hybridized carbons (Fsp3) is 0.320. The molecule has 192 valence electrons. The smallest absolute Gasteiger partial charge is 0.373 e. The van der Waals surface area contributed by atoms with Crippen molar-refractivity contribution < 1.29 is 48.5 Å². The number of amides is 1. The molecule has 11 nitrogen and oxygen atoms in total. The van der Waals surface area contributed by atoms with Gasteiger partial charge in [0.25, 0.3) is 5.91 Å². The average Bonchev–Trinajstić information content (AvgIpc) is 2.83.